The summed E-state index contributed by atoms with van der Waals surface area (Å²) < 4.78 is 15.4. The molecule has 0 bridgehead atoms. The first-order valence-electron chi connectivity index (χ1n) is 9.47. The number of carbonyl (C=O) groups excluding carboxylic acids is 3. The smallest absolute Gasteiger partial charge is 0.342 e. The van der Waals surface area contributed by atoms with E-state index in [0.29, 0.717) is 13.0 Å². The van der Waals surface area contributed by atoms with Crippen LogP contribution in [0.15, 0.2) is 0 Å². The number of hydrogen-bond acceptors (Lipinski definition) is 8. The summed E-state index contributed by atoms with van der Waals surface area (Å²) in [6.07, 6.45) is 1.86. The average molecular weight is 386 g/mol. The summed E-state index contributed by atoms with van der Waals surface area (Å²) in [4.78, 5) is 38.4. The van der Waals surface area contributed by atoms with Crippen LogP contribution in [-0.4, -0.2) is 86.1 Å². The van der Waals surface area contributed by atoms with Gasteiger partial charge >= 0.3 is 11.9 Å². The molecule has 2 unspecified atom stereocenters. The van der Waals surface area contributed by atoms with Gasteiger partial charge in [-0.3, -0.25) is 4.79 Å². The van der Waals surface area contributed by atoms with Gasteiger partial charge in [-0.25, -0.2) is 9.59 Å². The summed E-state index contributed by atoms with van der Waals surface area (Å²) in [6, 6.07) is -0.639. The summed E-state index contributed by atoms with van der Waals surface area (Å²) >= 11 is 0. The first kappa shape index (κ1) is 21.7. The molecule has 1 amide bonds. The predicted molar refractivity (Wildman–Crippen MR) is 94.8 cm³/mol. The van der Waals surface area contributed by atoms with Crippen molar-refractivity contribution in [3.05, 3.63) is 0 Å². The molecule has 0 saturated carbocycles. The topological polar surface area (TPSA) is 114 Å². The molecule has 2 saturated heterocycles. The molecular weight excluding hydrogens is 356 g/mol. The molecule has 2 N–H and O–H groups in total. The van der Waals surface area contributed by atoms with Crippen LogP contribution in [-0.2, 0) is 28.6 Å². The summed E-state index contributed by atoms with van der Waals surface area (Å²) in [7, 11) is 2.79. The van der Waals surface area contributed by atoms with Crippen LogP contribution < -0.4 is 5.32 Å². The zero-order valence-corrected chi connectivity index (χ0v) is 16.0. The van der Waals surface area contributed by atoms with Gasteiger partial charge in [0.15, 0.2) is 6.10 Å². The highest BCUT2D eigenvalue weighted by molar-refractivity contribution is 5.90. The third-order valence-electron chi connectivity index (χ3n) is 5.22. The van der Waals surface area contributed by atoms with E-state index in [1.165, 1.54) is 14.2 Å². The van der Waals surface area contributed by atoms with Crippen LogP contribution in [0, 0.1) is 0 Å². The molecule has 0 aromatic heterocycles. The Morgan fingerprint density at radius 2 is 1.81 bits per heavy atom. The third kappa shape index (κ3) is 5.71. The van der Waals surface area contributed by atoms with E-state index in [4.69, 9.17) is 14.2 Å². The van der Waals surface area contributed by atoms with Gasteiger partial charge in [-0.15, -0.1) is 0 Å². The Kier molecular flexibility index (Phi) is 8.62. The van der Waals surface area contributed by atoms with Crippen molar-refractivity contribution < 1.29 is 33.7 Å². The number of nitrogens with zero attached hydrogens (tertiary/aromatic N) is 1. The van der Waals surface area contributed by atoms with Gasteiger partial charge in [-0.2, -0.15) is 0 Å². The molecule has 154 valence electrons. The second-order valence-corrected chi connectivity index (χ2v) is 6.93. The molecule has 4 atom stereocenters. The summed E-state index contributed by atoms with van der Waals surface area (Å²) in [5, 5.41) is 12.4. The van der Waals surface area contributed by atoms with E-state index in [-0.39, 0.29) is 31.4 Å². The Balaban J connectivity index is 1.85. The van der Waals surface area contributed by atoms with Gasteiger partial charge in [0.05, 0.1) is 12.6 Å². The van der Waals surface area contributed by atoms with Gasteiger partial charge in [0.25, 0.3) is 5.91 Å². The van der Waals surface area contributed by atoms with Crippen molar-refractivity contribution in [1.82, 2.24) is 10.2 Å². The quantitative estimate of drug-likeness (QED) is 0.406. The maximum Gasteiger partial charge on any atom is 0.342 e. The van der Waals surface area contributed by atoms with Gasteiger partial charge < -0.3 is 29.5 Å². The minimum atomic E-state index is -0.951. The number of amides is 1. The van der Waals surface area contributed by atoms with Gasteiger partial charge in [0.1, 0.15) is 12.1 Å². The lowest BCUT2D eigenvalue weighted by Gasteiger charge is -2.27. The minimum Gasteiger partial charge on any atom is -0.394 e. The van der Waals surface area contributed by atoms with Crippen LogP contribution in [0.4, 0.5) is 0 Å². The molecule has 9 nitrogen and oxygen atoms in total. The minimum absolute atomic E-state index is 0.0769. The van der Waals surface area contributed by atoms with Crippen molar-refractivity contribution in [2.24, 2.45) is 0 Å². The average Bonchev–Trinajstić information content (AvgIpc) is 3.36. The fourth-order valence-electron chi connectivity index (χ4n) is 3.60. The first-order chi connectivity index (χ1) is 13.0. The van der Waals surface area contributed by atoms with E-state index in [9.17, 15) is 19.5 Å². The Morgan fingerprint density at radius 3 is 2.41 bits per heavy atom. The fourth-order valence-corrected chi connectivity index (χ4v) is 3.60. The van der Waals surface area contributed by atoms with Crippen molar-refractivity contribution in [1.29, 1.82) is 0 Å². The van der Waals surface area contributed by atoms with Crippen molar-refractivity contribution in [3.63, 3.8) is 0 Å². The SMILES string of the molecule is CO[C@H](CC[C@@H](OC)C(=O)N1CCCC1CO)C(=O)OC(=O)C1CCCN1. The van der Waals surface area contributed by atoms with Crippen molar-refractivity contribution in [2.45, 2.75) is 62.8 Å². The number of hydrogen-bond donors (Lipinski definition) is 2. The Bertz CT molecular complexity index is 522. The maximum absolute atomic E-state index is 12.6. The fraction of sp³-hybridized carbons (Fsp3) is 0.833. The monoisotopic (exact) mass is 386 g/mol. The molecule has 0 radical (unpaired) electrons. The van der Waals surface area contributed by atoms with Crippen LogP contribution in [0.3, 0.4) is 0 Å². The van der Waals surface area contributed by atoms with E-state index >= 15 is 0 Å². The predicted octanol–water partition coefficient (Wildman–Crippen LogP) is -0.398. The lowest BCUT2D eigenvalue weighted by molar-refractivity contribution is -0.169. The lowest BCUT2D eigenvalue weighted by Crippen LogP contribution is -2.44. The zero-order chi connectivity index (χ0) is 19.8. The Hall–Kier alpha value is -1.55. The number of esters is 2. The number of ether oxygens (including phenoxy) is 3. The molecule has 27 heavy (non-hydrogen) atoms. The molecule has 2 rings (SSSR count). The number of aliphatic hydroxyl groups excluding tert-OH is 1. The highest BCUT2D eigenvalue weighted by Crippen LogP contribution is 2.20. The summed E-state index contributed by atoms with van der Waals surface area (Å²) in [5.41, 5.74) is 0. The molecule has 2 aliphatic rings. The molecule has 9 heteroatoms. The highest BCUT2D eigenvalue weighted by atomic mass is 16.6. The number of rotatable bonds is 9. The van der Waals surface area contributed by atoms with Crippen molar-refractivity contribution in [2.75, 3.05) is 33.9 Å². The van der Waals surface area contributed by atoms with Crippen molar-refractivity contribution >= 4 is 17.8 Å². The van der Waals surface area contributed by atoms with Crippen LogP contribution in [0.2, 0.25) is 0 Å². The van der Waals surface area contributed by atoms with Gasteiger partial charge in [0, 0.05) is 20.8 Å². The van der Waals surface area contributed by atoms with Crippen LogP contribution >= 0.6 is 0 Å². The van der Waals surface area contributed by atoms with E-state index in [1.54, 1.807) is 4.90 Å². The highest BCUT2D eigenvalue weighted by Gasteiger charge is 2.34. The molecular formula is C18H30N2O7. The van der Waals surface area contributed by atoms with E-state index in [1.807, 2.05) is 0 Å². The lowest BCUT2D eigenvalue weighted by atomic mass is 10.1. The molecule has 0 aromatic rings. The maximum atomic E-state index is 12.6. The molecule has 0 aromatic carbocycles. The van der Waals surface area contributed by atoms with Crippen LogP contribution in [0.1, 0.15) is 38.5 Å². The molecule has 2 aliphatic heterocycles. The number of methoxy groups -OCH3 is 2. The normalized spacial score (nSPS) is 24.6. The molecule has 0 spiro atoms. The second-order valence-electron chi connectivity index (χ2n) is 6.93. The number of nitrogens with one attached hydrogen (secondary N) is 1. The molecule has 2 fully saturated rings. The molecule has 0 aliphatic carbocycles. The number of aliphatic hydroxyl groups is 1. The van der Waals surface area contributed by atoms with Gasteiger partial charge in [0.2, 0.25) is 0 Å². The third-order valence-corrected chi connectivity index (χ3v) is 5.22. The Morgan fingerprint density at radius 1 is 1.11 bits per heavy atom. The number of likely N-dealkylation sites (tertiary alicyclic amines) is 1. The second kappa shape index (κ2) is 10.7. The van der Waals surface area contributed by atoms with Crippen LogP contribution in [0.5, 0.6) is 0 Å². The molecule has 2 heterocycles. The Labute approximate surface area is 159 Å². The summed E-state index contributed by atoms with van der Waals surface area (Å²) in [6.45, 7) is 1.24. The van der Waals surface area contributed by atoms with Crippen LogP contribution in [0.25, 0.3) is 0 Å². The summed E-state index contributed by atoms with van der Waals surface area (Å²) in [5.74, 6) is -1.56. The van der Waals surface area contributed by atoms with Gasteiger partial charge in [-0.1, -0.05) is 0 Å². The van der Waals surface area contributed by atoms with Crippen molar-refractivity contribution in [3.8, 4) is 0 Å². The first-order valence-corrected chi connectivity index (χ1v) is 9.47. The standard InChI is InChI=1S/C18H30N2O7/c1-25-14(16(22)20-10-4-5-12(20)11-21)7-8-15(26-2)18(24)27-17(23)13-6-3-9-19-13/h12-15,19,21H,3-11H2,1-2H3/t12?,13?,14-,15-/m1/s1. The zero-order valence-electron chi connectivity index (χ0n) is 16.0. The van der Waals surface area contributed by atoms with E-state index in [0.717, 1.165) is 25.8 Å². The number of carbonyl (C=O) groups is 3. The largest absolute Gasteiger partial charge is 0.394 e. The van der Waals surface area contributed by atoms with E-state index in [2.05, 4.69) is 5.32 Å². The van der Waals surface area contributed by atoms with E-state index < -0.39 is 30.2 Å². The van der Waals surface area contributed by atoms with Gasteiger partial charge in [-0.05, 0) is 45.1 Å².